The fourth-order valence-electron chi connectivity index (χ4n) is 5.78. The zero-order chi connectivity index (χ0) is 20.6. The van der Waals surface area contributed by atoms with Crippen LogP contribution in [0.2, 0.25) is 0 Å². The predicted octanol–water partition coefficient (Wildman–Crippen LogP) is 3.26. The monoisotopic (exact) mass is 419 g/mol. The van der Waals surface area contributed by atoms with Crippen molar-refractivity contribution in [3.63, 3.8) is 0 Å². The van der Waals surface area contributed by atoms with Crippen LogP contribution in [-0.2, 0) is 14.8 Å². The highest BCUT2D eigenvalue weighted by atomic mass is 32.2. The smallest absolute Gasteiger partial charge is 0.245 e. The number of nitrogens with zero attached hydrogens (tertiary/aromatic N) is 2. The first kappa shape index (κ1) is 20.8. The topological polar surface area (TPSA) is 79.4 Å². The number of hydrogen-bond donors (Lipinski definition) is 1. The van der Waals surface area contributed by atoms with E-state index in [1.807, 2.05) is 6.92 Å². The fourth-order valence-corrected chi connectivity index (χ4v) is 7.38. The van der Waals surface area contributed by atoms with Gasteiger partial charge in [-0.1, -0.05) is 26.2 Å². The second-order valence-corrected chi connectivity index (χ2v) is 11.0. The molecule has 3 aliphatic rings. The normalized spacial score (nSPS) is 32.8. The number of rotatable bonds is 5. The van der Waals surface area contributed by atoms with Gasteiger partial charge in [-0.15, -0.1) is 0 Å². The largest absolute Gasteiger partial charge is 0.351 e. The summed E-state index contributed by atoms with van der Waals surface area (Å²) >= 11 is 0. The second kappa shape index (κ2) is 8.34. The van der Waals surface area contributed by atoms with Crippen LogP contribution in [0, 0.1) is 24.7 Å². The van der Waals surface area contributed by atoms with Crippen LogP contribution in [0.25, 0.3) is 0 Å². The van der Waals surface area contributed by atoms with Gasteiger partial charge < -0.3 is 5.32 Å². The van der Waals surface area contributed by atoms with Crippen molar-refractivity contribution in [2.75, 3.05) is 6.54 Å². The SMILES string of the molecule is CCC1CC2CCCC(C2)C1NC(=O)C1CCCN1S(=O)(=O)c1ccc(C)nc1. The van der Waals surface area contributed by atoms with E-state index < -0.39 is 16.1 Å². The highest BCUT2D eigenvalue weighted by Gasteiger charge is 2.44. The fraction of sp³-hybridized carbons (Fsp3) is 0.727. The summed E-state index contributed by atoms with van der Waals surface area (Å²) in [7, 11) is -3.72. The van der Waals surface area contributed by atoms with Gasteiger partial charge in [0.15, 0.2) is 0 Å². The number of pyridine rings is 1. The number of sulfonamides is 1. The van der Waals surface area contributed by atoms with Gasteiger partial charge in [0.2, 0.25) is 15.9 Å². The van der Waals surface area contributed by atoms with Crippen molar-refractivity contribution in [2.24, 2.45) is 17.8 Å². The lowest BCUT2D eigenvalue weighted by Gasteiger charge is -2.46. The van der Waals surface area contributed by atoms with Crippen LogP contribution < -0.4 is 5.32 Å². The summed E-state index contributed by atoms with van der Waals surface area (Å²) in [4.78, 5) is 17.5. The Hall–Kier alpha value is -1.47. The van der Waals surface area contributed by atoms with Crippen LogP contribution in [0.15, 0.2) is 23.2 Å². The molecule has 5 atom stereocenters. The van der Waals surface area contributed by atoms with E-state index in [9.17, 15) is 13.2 Å². The van der Waals surface area contributed by atoms with Crippen molar-refractivity contribution < 1.29 is 13.2 Å². The molecule has 2 bridgehead atoms. The Kier molecular flexibility index (Phi) is 5.98. The van der Waals surface area contributed by atoms with Gasteiger partial charge in [0.1, 0.15) is 10.9 Å². The van der Waals surface area contributed by atoms with E-state index in [1.54, 1.807) is 12.1 Å². The van der Waals surface area contributed by atoms with E-state index in [2.05, 4.69) is 17.2 Å². The van der Waals surface area contributed by atoms with Crippen molar-refractivity contribution >= 4 is 15.9 Å². The van der Waals surface area contributed by atoms with E-state index in [0.29, 0.717) is 31.2 Å². The number of nitrogens with one attached hydrogen (secondary N) is 1. The molecule has 2 aliphatic carbocycles. The van der Waals surface area contributed by atoms with Crippen LogP contribution in [0.3, 0.4) is 0 Å². The van der Waals surface area contributed by atoms with Crippen molar-refractivity contribution in [1.82, 2.24) is 14.6 Å². The standard InChI is InChI=1S/C22H33N3O3S/c1-3-17-12-16-6-4-7-18(13-16)21(17)24-22(26)20-8-5-11-25(20)29(27,28)19-10-9-15(2)23-14-19/h9-10,14,16-18,20-21H,3-8,11-13H2,1-2H3,(H,24,26). The molecule has 4 rings (SSSR count). The number of carbonyl (C=O) groups excluding carboxylic acids is 1. The summed E-state index contributed by atoms with van der Waals surface area (Å²) in [6.07, 6.45) is 9.93. The molecule has 0 aromatic carbocycles. The van der Waals surface area contributed by atoms with E-state index in [4.69, 9.17) is 0 Å². The Morgan fingerprint density at radius 1 is 1.21 bits per heavy atom. The van der Waals surface area contributed by atoms with Crippen LogP contribution in [0.5, 0.6) is 0 Å². The van der Waals surface area contributed by atoms with Gasteiger partial charge in [-0.25, -0.2) is 8.42 Å². The van der Waals surface area contributed by atoms with Gasteiger partial charge in [0, 0.05) is 24.5 Å². The second-order valence-electron chi connectivity index (χ2n) is 9.14. The first-order chi connectivity index (χ1) is 13.9. The Morgan fingerprint density at radius 3 is 2.76 bits per heavy atom. The van der Waals surface area contributed by atoms with Gasteiger partial charge in [-0.2, -0.15) is 4.31 Å². The molecule has 0 radical (unpaired) electrons. The summed E-state index contributed by atoms with van der Waals surface area (Å²) in [5.41, 5.74) is 0.772. The van der Waals surface area contributed by atoms with Crippen molar-refractivity contribution in [2.45, 2.75) is 82.2 Å². The van der Waals surface area contributed by atoms with Gasteiger partial charge in [0.25, 0.3) is 0 Å². The molecule has 1 aliphatic heterocycles. The van der Waals surface area contributed by atoms with E-state index >= 15 is 0 Å². The molecule has 160 valence electrons. The van der Waals surface area contributed by atoms with Crippen LogP contribution in [-0.4, -0.2) is 42.2 Å². The Balaban J connectivity index is 1.51. The third-order valence-corrected chi connectivity index (χ3v) is 9.20. The number of carbonyl (C=O) groups is 1. The third-order valence-electron chi connectivity index (χ3n) is 7.31. The Morgan fingerprint density at radius 2 is 2.03 bits per heavy atom. The maximum absolute atomic E-state index is 13.2. The van der Waals surface area contributed by atoms with Crippen molar-refractivity contribution in [3.8, 4) is 0 Å². The van der Waals surface area contributed by atoms with Gasteiger partial charge in [-0.3, -0.25) is 9.78 Å². The summed E-state index contributed by atoms with van der Waals surface area (Å²) < 4.78 is 27.7. The molecule has 1 N–H and O–H groups in total. The number of aromatic nitrogens is 1. The minimum atomic E-state index is -3.72. The highest BCUT2D eigenvalue weighted by molar-refractivity contribution is 7.89. The van der Waals surface area contributed by atoms with Crippen LogP contribution >= 0.6 is 0 Å². The lowest BCUT2D eigenvalue weighted by Crippen LogP contribution is -2.55. The van der Waals surface area contributed by atoms with E-state index in [0.717, 1.165) is 18.0 Å². The summed E-state index contributed by atoms with van der Waals surface area (Å²) in [5, 5.41) is 3.32. The van der Waals surface area contributed by atoms with E-state index in [1.165, 1.54) is 42.6 Å². The molecule has 1 aromatic rings. The Labute approximate surface area is 174 Å². The molecule has 2 saturated carbocycles. The predicted molar refractivity (Wildman–Crippen MR) is 112 cm³/mol. The molecule has 6 nitrogen and oxygen atoms in total. The third kappa shape index (κ3) is 4.08. The first-order valence-electron chi connectivity index (χ1n) is 11.1. The summed E-state index contributed by atoms with van der Waals surface area (Å²) in [6.45, 7) is 4.43. The lowest BCUT2D eigenvalue weighted by molar-refractivity contribution is -0.126. The highest BCUT2D eigenvalue weighted by Crippen LogP contribution is 2.44. The minimum Gasteiger partial charge on any atom is -0.351 e. The molecule has 0 spiro atoms. The quantitative estimate of drug-likeness (QED) is 0.794. The molecular formula is C22H33N3O3S. The molecule has 1 amide bonds. The Bertz CT molecular complexity index is 837. The first-order valence-corrected chi connectivity index (χ1v) is 12.6. The molecule has 29 heavy (non-hydrogen) atoms. The van der Waals surface area contributed by atoms with Crippen LogP contribution in [0.1, 0.15) is 64.0 Å². The number of amides is 1. The van der Waals surface area contributed by atoms with Gasteiger partial charge >= 0.3 is 0 Å². The molecule has 1 saturated heterocycles. The maximum Gasteiger partial charge on any atom is 0.245 e. The molecule has 2 heterocycles. The zero-order valence-electron chi connectivity index (χ0n) is 17.5. The average Bonchev–Trinajstić information content (AvgIpc) is 3.21. The maximum atomic E-state index is 13.2. The number of aryl methyl sites for hydroxylation is 1. The molecule has 1 aromatic heterocycles. The molecule has 5 unspecified atom stereocenters. The van der Waals surface area contributed by atoms with Crippen LogP contribution in [0.4, 0.5) is 0 Å². The zero-order valence-corrected chi connectivity index (χ0v) is 18.3. The summed E-state index contributed by atoms with van der Waals surface area (Å²) in [5.74, 6) is 1.75. The number of hydrogen-bond acceptors (Lipinski definition) is 4. The van der Waals surface area contributed by atoms with Crippen molar-refractivity contribution in [3.05, 3.63) is 24.0 Å². The minimum absolute atomic E-state index is 0.112. The average molecular weight is 420 g/mol. The molecular weight excluding hydrogens is 386 g/mol. The van der Waals surface area contributed by atoms with E-state index in [-0.39, 0.29) is 16.8 Å². The number of fused-ring (bicyclic) bond motifs is 2. The van der Waals surface area contributed by atoms with Gasteiger partial charge in [-0.05, 0) is 68.9 Å². The molecule has 3 fully saturated rings. The van der Waals surface area contributed by atoms with Crippen molar-refractivity contribution in [1.29, 1.82) is 0 Å². The lowest BCUT2D eigenvalue weighted by atomic mass is 9.64. The van der Waals surface area contributed by atoms with Gasteiger partial charge in [0.05, 0.1) is 0 Å². The summed E-state index contributed by atoms with van der Waals surface area (Å²) in [6, 6.07) is 2.86. The molecule has 7 heteroatoms.